The molecule has 0 saturated heterocycles. The van der Waals surface area contributed by atoms with Gasteiger partial charge in [0.1, 0.15) is 5.75 Å². The molecule has 0 aliphatic carbocycles. The van der Waals surface area contributed by atoms with E-state index in [0.717, 1.165) is 11.3 Å². The van der Waals surface area contributed by atoms with Gasteiger partial charge in [-0.25, -0.2) is 0 Å². The third kappa shape index (κ3) is 2.39. The van der Waals surface area contributed by atoms with Gasteiger partial charge in [0.25, 0.3) is 0 Å². The van der Waals surface area contributed by atoms with E-state index in [-0.39, 0.29) is 5.38 Å². The number of hydrogen-bond donors (Lipinski definition) is 0. The highest BCUT2D eigenvalue weighted by Gasteiger charge is 2.13. The monoisotopic (exact) mass is 252 g/mol. The van der Waals surface area contributed by atoms with Crippen molar-refractivity contribution in [2.75, 3.05) is 7.11 Å². The van der Waals surface area contributed by atoms with Gasteiger partial charge in [0, 0.05) is 9.75 Å². The average molecular weight is 253 g/mol. The molecule has 0 amide bonds. The van der Waals surface area contributed by atoms with Crippen LogP contribution in [0.2, 0.25) is 0 Å². The number of rotatable bonds is 3. The van der Waals surface area contributed by atoms with Crippen molar-refractivity contribution in [2.24, 2.45) is 0 Å². The molecule has 1 heterocycles. The minimum Gasteiger partial charge on any atom is -0.497 e. The summed E-state index contributed by atoms with van der Waals surface area (Å²) in [6.07, 6.45) is 0. The molecule has 0 aliphatic heterocycles. The highest BCUT2D eigenvalue weighted by atomic mass is 35.5. The Bertz CT molecular complexity index is 478. The molecule has 3 heteroatoms. The Morgan fingerprint density at radius 3 is 2.69 bits per heavy atom. The summed E-state index contributed by atoms with van der Waals surface area (Å²) < 4.78 is 5.19. The summed E-state index contributed by atoms with van der Waals surface area (Å²) >= 11 is 8.16. The molecule has 1 atom stereocenters. The molecular weight excluding hydrogens is 240 g/mol. The minimum absolute atomic E-state index is 0.0891. The van der Waals surface area contributed by atoms with Crippen molar-refractivity contribution in [3.8, 4) is 5.75 Å². The van der Waals surface area contributed by atoms with Crippen molar-refractivity contribution in [3.05, 3.63) is 51.7 Å². The molecule has 16 heavy (non-hydrogen) atoms. The van der Waals surface area contributed by atoms with Crippen molar-refractivity contribution in [1.82, 2.24) is 0 Å². The van der Waals surface area contributed by atoms with Crippen LogP contribution in [0, 0.1) is 6.92 Å². The molecule has 0 radical (unpaired) electrons. The molecule has 84 valence electrons. The normalized spacial score (nSPS) is 12.4. The maximum atomic E-state index is 6.43. The van der Waals surface area contributed by atoms with Gasteiger partial charge in [-0.15, -0.1) is 22.9 Å². The quantitative estimate of drug-likeness (QED) is 0.736. The van der Waals surface area contributed by atoms with Gasteiger partial charge >= 0.3 is 0 Å². The predicted octanol–water partition coefficient (Wildman–Crippen LogP) is 4.39. The van der Waals surface area contributed by atoms with E-state index >= 15 is 0 Å². The van der Waals surface area contributed by atoms with Gasteiger partial charge < -0.3 is 4.74 Å². The van der Waals surface area contributed by atoms with E-state index in [4.69, 9.17) is 16.3 Å². The van der Waals surface area contributed by atoms with E-state index in [1.54, 1.807) is 18.4 Å². The minimum atomic E-state index is -0.0891. The second-order valence-corrected chi connectivity index (χ2v) is 5.34. The van der Waals surface area contributed by atoms with Gasteiger partial charge in [-0.05, 0) is 36.8 Å². The summed E-state index contributed by atoms with van der Waals surface area (Å²) in [7, 11) is 1.66. The van der Waals surface area contributed by atoms with Crippen LogP contribution >= 0.6 is 22.9 Å². The summed E-state index contributed by atoms with van der Waals surface area (Å²) in [6, 6.07) is 12.1. The molecule has 0 bridgehead atoms. The summed E-state index contributed by atoms with van der Waals surface area (Å²) in [5, 5.41) is -0.0891. The first-order chi connectivity index (χ1) is 7.70. The number of ether oxygens (including phenoxy) is 1. The second-order valence-electron chi connectivity index (χ2n) is 3.59. The van der Waals surface area contributed by atoms with E-state index in [9.17, 15) is 0 Å². The Balaban J connectivity index is 2.29. The van der Waals surface area contributed by atoms with Crippen LogP contribution < -0.4 is 4.74 Å². The summed E-state index contributed by atoms with van der Waals surface area (Å²) in [5.41, 5.74) is 1.07. The maximum absolute atomic E-state index is 6.43. The van der Waals surface area contributed by atoms with Gasteiger partial charge in [-0.1, -0.05) is 12.1 Å². The Hall–Kier alpha value is -0.990. The number of methoxy groups -OCH3 is 1. The number of benzene rings is 1. The fourth-order valence-corrected chi connectivity index (χ4v) is 2.78. The molecule has 1 aromatic heterocycles. The maximum Gasteiger partial charge on any atom is 0.119 e. The fraction of sp³-hybridized carbons (Fsp3) is 0.231. The van der Waals surface area contributed by atoms with Gasteiger partial charge in [-0.3, -0.25) is 0 Å². The van der Waals surface area contributed by atoms with Crippen LogP contribution in [0.1, 0.15) is 20.7 Å². The van der Waals surface area contributed by atoms with Crippen LogP contribution in [0.3, 0.4) is 0 Å². The van der Waals surface area contributed by atoms with Crippen molar-refractivity contribution < 1.29 is 4.74 Å². The molecule has 0 spiro atoms. The van der Waals surface area contributed by atoms with Crippen LogP contribution in [0.25, 0.3) is 0 Å². The van der Waals surface area contributed by atoms with Gasteiger partial charge in [0.05, 0.1) is 12.5 Å². The van der Waals surface area contributed by atoms with Gasteiger partial charge in [0.15, 0.2) is 0 Å². The van der Waals surface area contributed by atoms with Crippen LogP contribution in [-0.4, -0.2) is 7.11 Å². The molecule has 0 N–H and O–H groups in total. The third-order valence-corrected chi connectivity index (χ3v) is 4.08. The van der Waals surface area contributed by atoms with E-state index < -0.39 is 0 Å². The molecule has 0 aliphatic rings. The van der Waals surface area contributed by atoms with Crippen LogP contribution in [0.4, 0.5) is 0 Å². The largest absolute Gasteiger partial charge is 0.497 e. The fourth-order valence-electron chi connectivity index (χ4n) is 1.55. The van der Waals surface area contributed by atoms with Crippen LogP contribution in [0.5, 0.6) is 5.75 Å². The molecule has 1 unspecified atom stereocenters. The lowest BCUT2D eigenvalue weighted by molar-refractivity contribution is 0.414. The van der Waals surface area contributed by atoms with E-state index in [2.05, 4.69) is 19.1 Å². The number of alkyl halides is 1. The standard InChI is InChI=1S/C13H13ClOS/c1-9-6-7-12(16-9)13(14)10-4-3-5-11(8-10)15-2/h3-8,13H,1-2H3. The van der Waals surface area contributed by atoms with Crippen LogP contribution in [-0.2, 0) is 0 Å². The Labute approximate surface area is 105 Å². The van der Waals surface area contributed by atoms with Gasteiger partial charge in [-0.2, -0.15) is 0 Å². The smallest absolute Gasteiger partial charge is 0.119 e. The number of halogens is 1. The van der Waals surface area contributed by atoms with Crippen molar-refractivity contribution in [2.45, 2.75) is 12.3 Å². The zero-order valence-electron chi connectivity index (χ0n) is 9.24. The molecular formula is C13H13ClOS. The third-order valence-electron chi connectivity index (χ3n) is 2.40. The highest BCUT2D eigenvalue weighted by Crippen LogP contribution is 2.34. The van der Waals surface area contributed by atoms with Crippen LogP contribution in [0.15, 0.2) is 36.4 Å². The Morgan fingerprint density at radius 1 is 1.25 bits per heavy atom. The summed E-state index contributed by atoms with van der Waals surface area (Å²) in [5.74, 6) is 0.844. The van der Waals surface area contributed by atoms with E-state index in [1.807, 2.05) is 24.3 Å². The van der Waals surface area contributed by atoms with E-state index in [0.29, 0.717) is 0 Å². The number of thiophene rings is 1. The lowest BCUT2D eigenvalue weighted by Gasteiger charge is -2.09. The summed E-state index contributed by atoms with van der Waals surface area (Å²) in [6.45, 7) is 2.09. The molecule has 2 aromatic rings. The predicted molar refractivity (Wildman–Crippen MR) is 69.7 cm³/mol. The number of hydrogen-bond acceptors (Lipinski definition) is 2. The molecule has 2 rings (SSSR count). The van der Waals surface area contributed by atoms with Crippen molar-refractivity contribution >= 4 is 22.9 Å². The zero-order chi connectivity index (χ0) is 11.5. The Morgan fingerprint density at radius 2 is 2.06 bits per heavy atom. The lowest BCUT2D eigenvalue weighted by atomic mass is 10.1. The topological polar surface area (TPSA) is 9.23 Å². The second kappa shape index (κ2) is 4.89. The van der Waals surface area contributed by atoms with E-state index in [1.165, 1.54) is 9.75 Å². The molecule has 0 fully saturated rings. The lowest BCUT2D eigenvalue weighted by Crippen LogP contribution is -1.91. The first kappa shape index (κ1) is 11.5. The SMILES string of the molecule is COc1cccc(C(Cl)c2ccc(C)s2)c1. The summed E-state index contributed by atoms with van der Waals surface area (Å²) in [4.78, 5) is 2.45. The first-order valence-electron chi connectivity index (χ1n) is 5.05. The van der Waals surface area contributed by atoms with Crippen molar-refractivity contribution in [1.29, 1.82) is 0 Å². The molecule has 1 aromatic carbocycles. The zero-order valence-corrected chi connectivity index (χ0v) is 10.8. The number of aryl methyl sites for hydroxylation is 1. The first-order valence-corrected chi connectivity index (χ1v) is 6.30. The average Bonchev–Trinajstić information content (AvgIpc) is 2.75. The molecule has 1 nitrogen and oxygen atoms in total. The van der Waals surface area contributed by atoms with Gasteiger partial charge in [0.2, 0.25) is 0 Å². The van der Waals surface area contributed by atoms with Crippen molar-refractivity contribution in [3.63, 3.8) is 0 Å². The molecule has 0 saturated carbocycles. The highest BCUT2D eigenvalue weighted by molar-refractivity contribution is 7.12. The Kier molecular flexibility index (Phi) is 3.52.